The van der Waals surface area contributed by atoms with E-state index in [1.165, 1.54) is 0 Å². The van der Waals surface area contributed by atoms with Gasteiger partial charge >= 0.3 is 0 Å². The first-order chi connectivity index (χ1) is 9.88. The molecule has 2 aromatic rings. The maximum absolute atomic E-state index is 12.7. The number of hydrogen-bond donors (Lipinski definition) is 0. The van der Waals surface area contributed by atoms with Crippen LogP contribution in [0.15, 0.2) is 40.9 Å². The third-order valence-electron chi connectivity index (χ3n) is 3.93. The zero-order chi connectivity index (χ0) is 15.2. The largest absolute Gasteiger partial charge is 0.492 e. The Morgan fingerprint density at radius 2 is 1.95 bits per heavy atom. The van der Waals surface area contributed by atoms with Gasteiger partial charge in [-0.05, 0) is 42.8 Å². The molecular weight excluding hydrogens is 328 g/mol. The lowest BCUT2D eigenvalue weighted by Crippen LogP contribution is -2.18. The third-order valence-corrected chi connectivity index (χ3v) is 4.58. The molecule has 0 aliphatic carbocycles. The quantitative estimate of drug-likeness (QED) is 0.740. The first kappa shape index (κ1) is 14.3. The van der Waals surface area contributed by atoms with Crippen molar-refractivity contribution >= 4 is 21.7 Å². The van der Waals surface area contributed by atoms with E-state index in [-0.39, 0.29) is 11.2 Å². The molecule has 0 spiro atoms. The Morgan fingerprint density at radius 3 is 2.67 bits per heavy atom. The summed E-state index contributed by atoms with van der Waals surface area (Å²) >= 11 is 3.48. The van der Waals surface area contributed by atoms with Crippen LogP contribution in [0.25, 0.3) is 0 Å². The Hall–Kier alpha value is -1.61. The van der Waals surface area contributed by atoms with Gasteiger partial charge in [-0.1, -0.05) is 35.8 Å². The van der Waals surface area contributed by atoms with E-state index in [1.807, 2.05) is 43.3 Å². The standard InChI is InChI=1S/C18H17BrO2/c1-11-4-6-13(15(19)8-11)17(20)12-5-7-16-14(9-12)18(2,3)10-21-16/h4-9H,10H2,1-3H3. The van der Waals surface area contributed by atoms with Gasteiger partial charge in [0.15, 0.2) is 5.78 Å². The maximum atomic E-state index is 12.7. The van der Waals surface area contributed by atoms with Crippen LogP contribution in [0.4, 0.5) is 0 Å². The van der Waals surface area contributed by atoms with Crippen molar-refractivity contribution in [3.05, 3.63) is 63.1 Å². The van der Waals surface area contributed by atoms with E-state index in [2.05, 4.69) is 29.8 Å². The van der Waals surface area contributed by atoms with E-state index in [0.29, 0.717) is 17.7 Å². The number of ketones is 1. The molecule has 0 bridgehead atoms. The highest BCUT2D eigenvalue weighted by Gasteiger charge is 2.32. The Bertz CT molecular complexity index is 732. The molecule has 2 aromatic carbocycles. The molecule has 1 aliphatic heterocycles. The van der Waals surface area contributed by atoms with E-state index in [1.54, 1.807) is 0 Å². The number of carbonyl (C=O) groups excluding carboxylic acids is 1. The molecular formula is C18H17BrO2. The van der Waals surface area contributed by atoms with E-state index in [0.717, 1.165) is 21.3 Å². The highest BCUT2D eigenvalue weighted by atomic mass is 79.9. The number of carbonyl (C=O) groups is 1. The van der Waals surface area contributed by atoms with Crippen molar-refractivity contribution in [3.63, 3.8) is 0 Å². The second-order valence-electron chi connectivity index (χ2n) is 6.20. The van der Waals surface area contributed by atoms with Crippen molar-refractivity contribution in [1.29, 1.82) is 0 Å². The summed E-state index contributed by atoms with van der Waals surface area (Å²) in [4.78, 5) is 12.7. The number of benzene rings is 2. The summed E-state index contributed by atoms with van der Waals surface area (Å²) in [5.74, 6) is 0.923. The molecule has 0 atom stereocenters. The molecule has 0 saturated heterocycles. The molecule has 1 heterocycles. The average molecular weight is 345 g/mol. The summed E-state index contributed by atoms with van der Waals surface area (Å²) < 4.78 is 6.51. The Morgan fingerprint density at radius 1 is 1.19 bits per heavy atom. The van der Waals surface area contributed by atoms with Gasteiger partial charge in [-0.2, -0.15) is 0 Å². The van der Waals surface area contributed by atoms with Gasteiger partial charge in [0, 0.05) is 26.6 Å². The van der Waals surface area contributed by atoms with Gasteiger partial charge in [0.1, 0.15) is 5.75 Å². The predicted octanol–water partition coefficient (Wildman–Crippen LogP) is 4.66. The van der Waals surface area contributed by atoms with Crippen LogP contribution in [0, 0.1) is 6.92 Å². The number of halogens is 1. The monoisotopic (exact) mass is 344 g/mol. The van der Waals surface area contributed by atoms with Gasteiger partial charge in [0.05, 0.1) is 6.61 Å². The van der Waals surface area contributed by atoms with Crippen molar-refractivity contribution in [2.24, 2.45) is 0 Å². The van der Waals surface area contributed by atoms with Crippen molar-refractivity contribution in [2.75, 3.05) is 6.61 Å². The first-order valence-electron chi connectivity index (χ1n) is 6.97. The molecule has 3 heteroatoms. The topological polar surface area (TPSA) is 26.3 Å². The molecule has 0 amide bonds. The second-order valence-corrected chi connectivity index (χ2v) is 7.05. The zero-order valence-corrected chi connectivity index (χ0v) is 14.0. The van der Waals surface area contributed by atoms with E-state index < -0.39 is 0 Å². The summed E-state index contributed by atoms with van der Waals surface area (Å²) in [5.41, 5.74) is 3.59. The van der Waals surface area contributed by atoms with Crippen LogP contribution in [0.1, 0.15) is 40.9 Å². The Labute approximate surface area is 133 Å². The van der Waals surface area contributed by atoms with Gasteiger partial charge in [-0.25, -0.2) is 0 Å². The second kappa shape index (κ2) is 4.99. The minimum Gasteiger partial charge on any atom is -0.492 e. The van der Waals surface area contributed by atoms with Gasteiger partial charge < -0.3 is 4.74 Å². The van der Waals surface area contributed by atoms with Crippen molar-refractivity contribution in [1.82, 2.24) is 0 Å². The third kappa shape index (κ3) is 2.51. The average Bonchev–Trinajstić information content (AvgIpc) is 2.74. The lowest BCUT2D eigenvalue weighted by molar-refractivity contribution is 0.103. The minimum atomic E-state index is -0.0455. The number of fused-ring (bicyclic) bond motifs is 1. The zero-order valence-electron chi connectivity index (χ0n) is 12.4. The lowest BCUT2D eigenvalue weighted by Gasteiger charge is -2.15. The molecule has 108 valence electrons. The summed E-state index contributed by atoms with van der Waals surface area (Å²) in [6.07, 6.45) is 0. The SMILES string of the molecule is Cc1ccc(C(=O)c2ccc3c(c2)C(C)(C)CO3)c(Br)c1. The number of hydrogen-bond acceptors (Lipinski definition) is 2. The van der Waals surface area contributed by atoms with Crippen LogP contribution in [0.3, 0.4) is 0 Å². The van der Waals surface area contributed by atoms with Crippen LogP contribution in [-0.2, 0) is 5.41 Å². The van der Waals surface area contributed by atoms with Crippen LogP contribution in [0.2, 0.25) is 0 Å². The molecule has 0 saturated carbocycles. The normalized spacial score (nSPS) is 15.4. The molecule has 0 radical (unpaired) electrons. The Balaban J connectivity index is 2.03. The molecule has 21 heavy (non-hydrogen) atoms. The van der Waals surface area contributed by atoms with Gasteiger partial charge in [-0.15, -0.1) is 0 Å². The first-order valence-corrected chi connectivity index (χ1v) is 7.76. The van der Waals surface area contributed by atoms with Gasteiger partial charge in [-0.3, -0.25) is 4.79 Å². The fraction of sp³-hybridized carbons (Fsp3) is 0.278. The predicted molar refractivity (Wildman–Crippen MR) is 87.3 cm³/mol. The van der Waals surface area contributed by atoms with E-state index in [9.17, 15) is 4.79 Å². The lowest BCUT2D eigenvalue weighted by atomic mass is 9.85. The molecule has 0 N–H and O–H groups in total. The minimum absolute atomic E-state index is 0.0346. The van der Waals surface area contributed by atoms with Crippen LogP contribution in [-0.4, -0.2) is 12.4 Å². The van der Waals surface area contributed by atoms with Crippen LogP contribution in [0.5, 0.6) is 5.75 Å². The number of ether oxygens (including phenoxy) is 1. The highest BCUT2D eigenvalue weighted by Crippen LogP contribution is 2.39. The fourth-order valence-electron chi connectivity index (χ4n) is 2.62. The molecule has 3 rings (SSSR count). The summed E-state index contributed by atoms with van der Waals surface area (Å²) in [6, 6.07) is 11.5. The van der Waals surface area contributed by atoms with Crippen LogP contribution < -0.4 is 4.74 Å². The molecule has 2 nitrogen and oxygen atoms in total. The highest BCUT2D eigenvalue weighted by molar-refractivity contribution is 9.10. The smallest absolute Gasteiger partial charge is 0.194 e. The summed E-state index contributed by atoms with van der Waals surface area (Å²) in [5, 5.41) is 0. The fourth-order valence-corrected chi connectivity index (χ4v) is 3.29. The van der Waals surface area contributed by atoms with E-state index >= 15 is 0 Å². The van der Waals surface area contributed by atoms with Crippen molar-refractivity contribution in [2.45, 2.75) is 26.2 Å². The van der Waals surface area contributed by atoms with Crippen molar-refractivity contribution < 1.29 is 9.53 Å². The maximum Gasteiger partial charge on any atom is 0.194 e. The van der Waals surface area contributed by atoms with E-state index in [4.69, 9.17) is 4.74 Å². The van der Waals surface area contributed by atoms with Gasteiger partial charge in [0.25, 0.3) is 0 Å². The molecule has 0 unspecified atom stereocenters. The molecule has 0 aromatic heterocycles. The Kier molecular flexibility index (Phi) is 3.40. The summed E-state index contributed by atoms with van der Waals surface area (Å²) in [7, 11) is 0. The summed E-state index contributed by atoms with van der Waals surface area (Å²) in [6.45, 7) is 6.94. The number of aryl methyl sites for hydroxylation is 1. The van der Waals surface area contributed by atoms with Crippen LogP contribution >= 0.6 is 15.9 Å². The molecule has 1 aliphatic rings. The van der Waals surface area contributed by atoms with Crippen molar-refractivity contribution in [3.8, 4) is 5.75 Å². The van der Waals surface area contributed by atoms with Gasteiger partial charge in [0.2, 0.25) is 0 Å². The number of rotatable bonds is 2. The molecule has 0 fully saturated rings.